The highest BCUT2D eigenvalue weighted by molar-refractivity contribution is 9.10. The summed E-state index contributed by atoms with van der Waals surface area (Å²) in [5.74, 6) is 2.63. The van der Waals surface area contributed by atoms with Gasteiger partial charge in [-0.15, -0.1) is 10.2 Å². The minimum atomic E-state index is 0.252. The molecule has 134 valence electrons. The summed E-state index contributed by atoms with van der Waals surface area (Å²) in [4.78, 5) is 2.52. The summed E-state index contributed by atoms with van der Waals surface area (Å²) in [6.45, 7) is 4.66. The number of nitrogens with zero attached hydrogens (tertiary/aromatic N) is 4. The zero-order valence-electron chi connectivity index (χ0n) is 14.2. The van der Waals surface area contributed by atoms with Crippen LogP contribution in [0.15, 0.2) is 27.5 Å². The Balaban J connectivity index is 1.43. The van der Waals surface area contributed by atoms with E-state index in [1.54, 1.807) is 0 Å². The first kappa shape index (κ1) is 16.0. The zero-order chi connectivity index (χ0) is 16.9. The van der Waals surface area contributed by atoms with E-state index < -0.39 is 0 Å². The van der Waals surface area contributed by atoms with Crippen LogP contribution in [0.4, 0.5) is 0 Å². The van der Waals surface area contributed by atoms with Crippen molar-refractivity contribution < 1.29 is 9.15 Å². The minimum Gasteiger partial charge on any atom is -0.453 e. The third-order valence-electron chi connectivity index (χ3n) is 6.07. The van der Waals surface area contributed by atoms with E-state index in [1.165, 1.54) is 18.7 Å². The van der Waals surface area contributed by atoms with Crippen molar-refractivity contribution in [1.29, 1.82) is 0 Å². The van der Waals surface area contributed by atoms with Crippen LogP contribution >= 0.6 is 15.9 Å². The third kappa shape index (κ3) is 2.96. The fourth-order valence-corrected chi connectivity index (χ4v) is 4.96. The van der Waals surface area contributed by atoms with E-state index in [0.717, 1.165) is 56.1 Å². The van der Waals surface area contributed by atoms with Crippen LogP contribution < -0.4 is 0 Å². The average molecular weight is 407 g/mol. The van der Waals surface area contributed by atoms with Gasteiger partial charge in [-0.05, 0) is 59.2 Å². The molecule has 2 aliphatic heterocycles. The molecule has 3 aliphatic rings. The van der Waals surface area contributed by atoms with E-state index in [4.69, 9.17) is 9.15 Å². The van der Waals surface area contributed by atoms with Crippen molar-refractivity contribution in [2.24, 2.45) is 5.41 Å². The van der Waals surface area contributed by atoms with Crippen LogP contribution in [0.5, 0.6) is 0 Å². The molecule has 1 unspecified atom stereocenters. The highest BCUT2D eigenvalue weighted by atomic mass is 79.9. The molecule has 2 aromatic heterocycles. The van der Waals surface area contributed by atoms with E-state index in [0.29, 0.717) is 12.0 Å². The van der Waals surface area contributed by atoms with Gasteiger partial charge in [-0.25, -0.2) is 0 Å². The standard InChI is InChI=1S/C18H23BrN4O2/c19-16-4-3-14(25-16)9-22-10-15(18(11-22)5-7-24-8-6-18)17-21-20-12-23(17)13-1-2-13/h3-4,12-13,15H,1-2,5-11H2. The molecule has 0 N–H and O–H groups in total. The van der Waals surface area contributed by atoms with Gasteiger partial charge < -0.3 is 13.7 Å². The first-order valence-corrected chi connectivity index (χ1v) is 9.97. The Bertz CT molecular complexity index is 748. The Labute approximate surface area is 155 Å². The summed E-state index contributed by atoms with van der Waals surface area (Å²) >= 11 is 3.40. The van der Waals surface area contributed by atoms with Gasteiger partial charge in [0.25, 0.3) is 0 Å². The van der Waals surface area contributed by atoms with Gasteiger partial charge in [-0.2, -0.15) is 0 Å². The van der Waals surface area contributed by atoms with Crippen molar-refractivity contribution in [1.82, 2.24) is 19.7 Å². The maximum absolute atomic E-state index is 5.74. The van der Waals surface area contributed by atoms with Crippen LogP contribution in [0.25, 0.3) is 0 Å². The highest BCUT2D eigenvalue weighted by Gasteiger charge is 2.50. The molecule has 1 atom stereocenters. The summed E-state index contributed by atoms with van der Waals surface area (Å²) in [5.41, 5.74) is 0.252. The lowest BCUT2D eigenvalue weighted by Crippen LogP contribution is -2.37. The largest absolute Gasteiger partial charge is 0.453 e. The van der Waals surface area contributed by atoms with Crippen LogP contribution in [0.3, 0.4) is 0 Å². The fraction of sp³-hybridized carbons (Fsp3) is 0.667. The number of hydrogen-bond donors (Lipinski definition) is 0. The van der Waals surface area contributed by atoms with E-state index in [2.05, 4.69) is 41.7 Å². The number of likely N-dealkylation sites (tertiary alicyclic amines) is 1. The van der Waals surface area contributed by atoms with Crippen LogP contribution in [0, 0.1) is 5.41 Å². The Morgan fingerprint density at radius 3 is 2.80 bits per heavy atom. The van der Waals surface area contributed by atoms with Gasteiger partial charge in [0.05, 0.1) is 6.54 Å². The number of furan rings is 1. The van der Waals surface area contributed by atoms with Crippen molar-refractivity contribution >= 4 is 15.9 Å². The van der Waals surface area contributed by atoms with Gasteiger partial charge in [-0.1, -0.05) is 0 Å². The maximum Gasteiger partial charge on any atom is 0.169 e. The molecule has 1 aliphatic carbocycles. The molecular formula is C18H23BrN4O2. The summed E-state index contributed by atoms with van der Waals surface area (Å²) in [7, 11) is 0. The monoisotopic (exact) mass is 406 g/mol. The Morgan fingerprint density at radius 2 is 2.08 bits per heavy atom. The summed E-state index contributed by atoms with van der Waals surface area (Å²) in [6.07, 6.45) is 6.67. The highest BCUT2D eigenvalue weighted by Crippen LogP contribution is 2.50. The second-order valence-corrected chi connectivity index (χ2v) is 8.51. The van der Waals surface area contributed by atoms with Crippen LogP contribution in [-0.4, -0.2) is 46.0 Å². The van der Waals surface area contributed by atoms with Crippen LogP contribution in [0.1, 0.15) is 49.2 Å². The molecule has 6 nitrogen and oxygen atoms in total. The van der Waals surface area contributed by atoms with E-state index in [1.807, 2.05) is 12.4 Å². The molecule has 2 saturated heterocycles. The normalized spacial score (nSPS) is 26.5. The predicted molar refractivity (Wildman–Crippen MR) is 95.2 cm³/mol. The minimum absolute atomic E-state index is 0.252. The second-order valence-electron chi connectivity index (χ2n) is 7.73. The molecule has 2 aromatic rings. The van der Waals surface area contributed by atoms with Crippen LogP contribution in [-0.2, 0) is 11.3 Å². The SMILES string of the molecule is Brc1ccc(CN2CC(c3nncn3C3CC3)C3(CCOCC3)C2)o1. The first-order valence-electron chi connectivity index (χ1n) is 9.17. The van der Waals surface area contributed by atoms with Crippen molar-refractivity contribution in [3.8, 4) is 0 Å². The van der Waals surface area contributed by atoms with Crippen molar-refractivity contribution in [2.75, 3.05) is 26.3 Å². The lowest BCUT2D eigenvalue weighted by atomic mass is 9.71. The average Bonchev–Trinajstić information content (AvgIpc) is 3.04. The van der Waals surface area contributed by atoms with Crippen molar-refractivity contribution in [2.45, 2.75) is 44.2 Å². The molecule has 7 heteroatoms. The molecule has 0 radical (unpaired) electrons. The number of ether oxygens (including phenoxy) is 1. The van der Waals surface area contributed by atoms with E-state index in [-0.39, 0.29) is 5.41 Å². The summed E-state index contributed by atoms with van der Waals surface area (Å²) in [5, 5.41) is 8.83. The molecule has 1 saturated carbocycles. The number of halogens is 1. The molecule has 1 spiro atoms. The molecule has 5 rings (SSSR count). The van der Waals surface area contributed by atoms with Gasteiger partial charge in [0.1, 0.15) is 17.9 Å². The molecular weight excluding hydrogens is 384 g/mol. The fourth-order valence-electron chi connectivity index (χ4n) is 4.62. The third-order valence-corrected chi connectivity index (χ3v) is 6.49. The van der Waals surface area contributed by atoms with Gasteiger partial charge >= 0.3 is 0 Å². The molecule has 4 heterocycles. The predicted octanol–water partition coefficient (Wildman–Crippen LogP) is 3.36. The van der Waals surface area contributed by atoms with Gasteiger partial charge in [0.15, 0.2) is 4.67 Å². The topological polar surface area (TPSA) is 56.3 Å². The number of rotatable bonds is 4. The molecule has 0 bridgehead atoms. The zero-order valence-corrected chi connectivity index (χ0v) is 15.8. The van der Waals surface area contributed by atoms with E-state index >= 15 is 0 Å². The number of aromatic nitrogens is 3. The van der Waals surface area contributed by atoms with Crippen LogP contribution in [0.2, 0.25) is 0 Å². The molecule has 3 fully saturated rings. The van der Waals surface area contributed by atoms with Crippen molar-refractivity contribution in [3.63, 3.8) is 0 Å². The van der Waals surface area contributed by atoms with Crippen molar-refractivity contribution in [3.05, 3.63) is 34.7 Å². The molecule has 25 heavy (non-hydrogen) atoms. The Morgan fingerprint density at radius 1 is 1.24 bits per heavy atom. The lowest BCUT2D eigenvalue weighted by Gasteiger charge is -2.37. The summed E-state index contributed by atoms with van der Waals surface area (Å²) < 4.78 is 14.6. The summed E-state index contributed by atoms with van der Waals surface area (Å²) in [6, 6.07) is 4.65. The first-order chi connectivity index (χ1) is 12.2. The van der Waals surface area contributed by atoms with Gasteiger partial charge in [0.2, 0.25) is 0 Å². The maximum atomic E-state index is 5.74. The van der Waals surface area contributed by atoms with Gasteiger partial charge in [0, 0.05) is 38.3 Å². The lowest BCUT2D eigenvalue weighted by molar-refractivity contribution is 0.0102. The molecule has 0 amide bonds. The second kappa shape index (κ2) is 6.21. The smallest absolute Gasteiger partial charge is 0.169 e. The van der Waals surface area contributed by atoms with E-state index in [9.17, 15) is 0 Å². The van der Waals surface area contributed by atoms with Gasteiger partial charge in [-0.3, -0.25) is 4.90 Å². The molecule has 0 aromatic carbocycles. The quantitative estimate of drug-likeness (QED) is 0.778. The Kier molecular flexibility index (Phi) is 3.98. The number of hydrogen-bond acceptors (Lipinski definition) is 5. The Hall–Kier alpha value is -1.18.